The fourth-order valence-electron chi connectivity index (χ4n) is 2.46. The van der Waals surface area contributed by atoms with Crippen molar-refractivity contribution < 1.29 is 4.74 Å². The summed E-state index contributed by atoms with van der Waals surface area (Å²) in [6, 6.07) is 6.71. The number of rotatable bonds is 5. The van der Waals surface area contributed by atoms with E-state index in [1.54, 1.807) is 0 Å². The van der Waals surface area contributed by atoms with Gasteiger partial charge in [0.2, 0.25) is 0 Å². The molecule has 0 heterocycles. The average Bonchev–Trinajstić information content (AvgIpc) is 3.12. The Bertz CT molecular complexity index is 383. The van der Waals surface area contributed by atoms with Crippen LogP contribution in [0.3, 0.4) is 0 Å². The summed E-state index contributed by atoms with van der Waals surface area (Å²) in [5, 5.41) is 0. The molecule has 0 radical (unpaired) electrons. The van der Waals surface area contributed by atoms with Crippen molar-refractivity contribution in [3.05, 3.63) is 29.3 Å². The molecule has 17 heavy (non-hydrogen) atoms. The van der Waals surface area contributed by atoms with E-state index in [0.29, 0.717) is 11.8 Å². The first-order valence-electron chi connectivity index (χ1n) is 6.46. The molecule has 1 aliphatic carbocycles. The van der Waals surface area contributed by atoms with E-state index in [1.807, 2.05) is 0 Å². The van der Waals surface area contributed by atoms with Gasteiger partial charge in [0.25, 0.3) is 0 Å². The highest BCUT2D eigenvalue weighted by atomic mass is 35.5. The molecule has 2 heteroatoms. The van der Waals surface area contributed by atoms with Crippen LogP contribution in [0.25, 0.3) is 0 Å². The summed E-state index contributed by atoms with van der Waals surface area (Å²) in [4.78, 5) is 0. The van der Waals surface area contributed by atoms with Crippen LogP contribution >= 0.6 is 11.6 Å². The molecule has 1 aliphatic rings. The van der Waals surface area contributed by atoms with E-state index in [0.717, 1.165) is 11.7 Å². The number of ether oxygens (including phenoxy) is 1. The normalized spacial score (nSPS) is 17.2. The van der Waals surface area contributed by atoms with Gasteiger partial charge >= 0.3 is 0 Å². The van der Waals surface area contributed by atoms with Crippen molar-refractivity contribution in [2.24, 2.45) is 5.92 Å². The number of hydrogen-bond donors (Lipinski definition) is 0. The lowest BCUT2D eigenvalue weighted by atomic mass is 9.90. The van der Waals surface area contributed by atoms with Gasteiger partial charge in [0.05, 0.1) is 0 Å². The second kappa shape index (κ2) is 5.30. The number of alkyl halides is 1. The fourth-order valence-corrected chi connectivity index (χ4v) is 2.57. The topological polar surface area (TPSA) is 9.23 Å². The molecule has 1 unspecified atom stereocenters. The van der Waals surface area contributed by atoms with E-state index in [1.165, 1.54) is 24.0 Å². The van der Waals surface area contributed by atoms with E-state index >= 15 is 0 Å². The highest BCUT2D eigenvalue weighted by Gasteiger charge is 2.31. The molecule has 0 spiro atoms. The zero-order valence-corrected chi connectivity index (χ0v) is 11.6. The van der Waals surface area contributed by atoms with Gasteiger partial charge in [-0.3, -0.25) is 0 Å². The van der Waals surface area contributed by atoms with Crippen LogP contribution < -0.4 is 4.74 Å². The maximum Gasteiger partial charge on any atom is 0.162 e. The Kier molecular flexibility index (Phi) is 3.98. The van der Waals surface area contributed by atoms with Crippen LogP contribution in [0.1, 0.15) is 56.6 Å². The Labute approximate surface area is 109 Å². The fraction of sp³-hybridized carbons (Fsp3) is 0.600. The largest absolute Gasteiger partial charge is 0.477 e. The van der Waals surface area contributed by atoms with E-state index in [9.17, 15) is 0 Å². The van der Waals surface area contributed by atoms with Crippen LogP contribution in [0.4, 0.5) is 0 Å². The second-order valence-corrected chi connectivity index (χ2v) is 5.52. The molecular formula is C15H21ClO. The average molecular weight is 253 g/mol. The molecule has 0 amide bonds. The van der Waals surface area contributed by atoms with Crippen molar-refractivity contribution in [3.8, 4) is 5.75 Å². The molecule has 2 rings (SSSR count). The highest BCUT2D eigenvalue weighted by Crippen LogP contribution is 2.46. The van der Waals surface area contributed by atoms with Crippen molar-refractivity contribution in [2.75, 3.05) is 6.07 Å². The Morgan fingerprint density at radius 1 is 1.24 bits per heavy atom. The minimum Gasteiger partial charge on any atom is -0.477 e. The van der Waals surface area contributed by atoms with Gasteiger partial charge < -0.3 is 4.74 Å². The number of para-hydroxylation sites is 1. The smallest absolute Gasteiger partial charge is 0.162 e. The minimum absolute atomic E-state index is 0.230. The van der Waals surface area contributed by atoms with Crippen molar-refractivity contribution in [1.82, 2.24) is 0 Å². The van der Waals surface area contributed by atoms with Gasteiger partial charge in [-0.05, 0) is 41.7 Å². The third-order valence-electron chi connectivity index (χ3n) is 3.72. The molecule has 94 valence electrons. The Morgan fingerprint density at radius 3 is 2.41 bits per heavy atom. The molecule has 1 fully saturated rings. The maximum absolute atomic E-state index is 5.76. The quantitative estimate of drug-likeness (QED) is 0.678. The highest BCUT2D eigenvalue weighted by molar-refractivity contribution is 6.17. The van der Waals surface area contributed by atoms with Gasteiger partial charge in [-0.1, -0.05) is 50.6 Å². The van der Waals surface area contributed by atoms with Crippen LogP contribution in [-0.4, -0.2) is 6.07 Å². The van der Waals surface area contributed by atoms with Gasteiger partial charge in [-0.25, -0.2) is 0 Å². The van der Waals surface area contributed by atoms with E-state index in [-0.39, 0.29) is 6.07 Å². The van der Waals surface area contributed by atoms with Crippen LogP contribution in [0.2, 0.25) is 0 Å². The molecule has 1 aromatic carbocycles. The zero-order valence-electron chi connectivity index (χ0n) is 10.9. The third-order valence-corrected chi connectivity index (χ3v) is 3.83. The van der Waals surface area contributed by atoms with E-state index in [4.69, 9.17) is 16.3 Å². The van der Waals surface area contributed by atoms with Crippen LogP contribution in [0.15, 0.2) is 18.2 Å². The first-order valence-corrected chi connectivity index (χ1v) is 7.00. The van der Waals surface area contributed by atoms with Crippen LogP contribution in [0, 0.1) is 5.92 Å². The molecule has 1 nitrogen and oxygen atoms in total. The summed E-state index contributed by atoms with van der Waals surface area (Å²) in [6.45, 7) is 6.70. The van der Waals surface area contributed by atoms with Crippen LogP contribution in [-0.2, 0) is 0 Å². The maximum atomic E-state index is 5.76. The van der Waals surface area contributed by atoms with Gasteiger partial charge in [0.15, 0.2) is 6.07 Å². The molecule has 0 aliphatic heterocycles. The summed E-state index contributed by atoms with van der Waals surface area (Å²) >= 11 is 5.76. The van der Waals surface area contributed by atoms with Crippen molar-refractivity contribution in [1.29, 1.82) is 0 Å². The monoisotopic (exact) mass is 252 g/mol. The second-order valence-electron chi connectivity index (χ2n) is 5.30. The molecule has 0 bridgehead atoms. The summed E-state index contributed by atoms with van der Waals surface area (Å²) in [6.07, 6.45) is 2.71. The van der Waals surface area contributed by atoms with Crippen molar-refractivity contribution in [2.45, 2.75) is 45.4 Å². The van der Waals surface area contributed by atoms with Gasteiger partial charge in [0.1, 0.15) is 5.75 Å². The first-order chi connectivity index (χ1) is 8.15. The zero-order chi connectivity index (χ0) is 12.4. The minimum atomic E-state index is 0.230. The number of halogens is 1. The van der Waals surface area contributed by atoms with Crippen molar-refractivity contribution in [3.63, 3.8) is 0 Å². The van der Waals surface area contributed by atoms with Gasteiger partial charge in [-0.15, -0.1) is 0 Å². The first kappa shape index (κ1) is 12.8. The summed E-state index contributed by atoms with van der Waals surface area (Å²) in [7, 11) is 0. The lowest BCUT2D eigenvalue weighted by Crippen LogP contribution is -2.05. The Hall–Kier alpha value is -0.690. The van der Waals surface area contributed by atoms with E-state index < -0.39 is 0 Å². The number of benzene rings is 1. The van der Waals surface area contributed by atoms with Gasteiger partial charge in [-0.2, -0.15) is 0 Å². The summed E-state index contributed by atoms with van der Waals surface area (Å²) in [5.74, 6) is 2.93. The Morgan fingerprint density at radius 2 is 1.88 bits per heavy atom. The molecule has 1 atom stereocenters. The predicted octanol–water partition coefficient (Wildman–Crippen LogP) is 4.90. The lowest BCUT2D eigenvalue weighted by molar-refractivity contribution is 0.372. The van der Waals surface area contributed by atoms with Crippen molar-refractivity contribution >= 4 is 11.6 Å². The predicted molar refractivity (Wildman–Crippen MR) is 73.0 cm³/mol. The Balaban J connectivity index is 2.38. The molecule has 0 aromatic heterocycles. The lowest BCUT2D eigenvalue weighted by Gasteiger charge is -2.20. The molecule has 1 aromatic rings. The SMILES string of the molecule is CC(C)c1cccc(C(C)C2CC2)c1OCCl. The van der Waals surface area contributed by atoms with Crippen LogP contribution in [0.5, 0.6) is 5.75 Å². The van der Waals surface area contributed by atoms with Gasteiger partial charge in [0, 0.05) is 0 Å². The molecule has 0 N–H and O–H groups in total. The molecule has 1 saturated carbocycles. The summed E-state index contributed by atoms with van der Waals surface area (Å²) in [5.41, 5.74) is 2.61. The molecular weight excluding hydrogens is 232 g/mol. The number of hydrogen-bond acceptors (Lipinski definition) is 1. The summed E-state index contributed by atoms with van der Waals surface area (Å²) < 4.78 is 5.69. The van der Waals surface area contributed by atoms with E-state index in [2.05, 4.69) is 39.0 Å². The third kappa shape index (κ3) is 2.77. The standard InChI is InChI=1S/C15H21ClO/c1-10(2)13-5-4-6-14(15(13)17-9-16)11(3)12-7-8-12/h4-6,10-12H,7-9H2,1-3H3. The molecule has 0 saturated heterocycles.